The molecule has 1 heterocycles. The van der Waals surface area contributed by atoms with Crippen molar-refractivity contribution < 1.29 is 19.1 Å². The minimum atomic E-state index is -0.949. The van der Waals surface area contributed by atoms with Crippen LogP contribution in [0.5, 0.6) is 0 Å². The lowest BCUT2D eigenvalue weighted by molar-refractivity contribution is -0.137. The summed E-state index contributed by atoms with van der Waals surface area (Å²) in [4.78, 5) is 22.7. The van der Waals surface area contributed by atoms with Gasteiger partial charge in [0.05, 0.1) is 6.42 Å². The summed E-state index contributed by atoms with van der Waals surface area (Å²) in [5, 5.41) is 12.2. The minimum absolute atomic E-state index is 0.121. The Labute approximate surface area is 116 Å². The van der Waals surface area contributed by atoms with E-state index in [9.17, 15) is 9.59 Å². The van der Waals surface area contributed by atoms with Crippen LogP contribution in [0.25, 0.3) is 11.0 Å². The highest BCUT2D eigenvalue weighted by Crippen LogP contribution is 2.27. The van der Waals surface area contributed by atoms with Crippen molar-refractivity contribution in [3.05, 3.63) is 35.1 Å². The third-order valence-electron chi connectivity index (χ3n) is 3.23. The zero-order chi connectivity index (χ0) is 14.9. The second kappa shape index (κ2) is 5.36. The molecule has 0 spiro atoms. The van der Waals surface area contributed by atoms with Crippen molar-refractivity contribution in [2.24, 2.45) is 0 Å². The molecule has 0 radical (unpaired) electrons. The summed E-state index contributed by atoms with van der Waals surface area (Å²) in [6.45, 7) is 5.39. The zero-order valence-corrected chi connectivity index (χ0v) is 11.7. The normalized spacial score (nSPS) is 12.3. The number of hydrogen-bond donors (Lipinski definition) is 2. The first-order valence-electron chi connectivity index (χ1n) is 6.41. The van der Waals surface area contributed by atoms with Crippen molar-refractivity contribution in [3.63, 3.8) is 0 Å². The van der Waals surface area contributed by atoms with E-state index in [-0.39, 0.29) is 18.1 Å². The molecule has 0 fully saturated rings. The summed E-state index contributed by atoms with van der Waals surface area (Å²) in [5.41, 5.74) is 2.42. The average Bonchev–Trinajstić information content (AvgIpc) is 2.67. The van der Waals surface area contributed by atoms with E-state index in [1.165, 1.54) is 0 Å². The van der Waals surface area contributed by atoms with E-state index in [2.05, 4.69) is 5.32 Å². The van der Waals surface area contributed by atoms with Gasteiger partial charge in [-0.1, -0.05) is 18.2 Å². The van der Waals surface area contributed by atoms with Crippen LogP contribution in [0.1, 0.15) is 35.0 Å². The zero-order valence-electron chi connectivity index (χ0n) is 11.7. The molecule has 1 aromatic heterocycles. The van der Waals surface area contributed by atoms with Crippen LogP contribution in [0.2, 0.25) is 0 Å². The number of carbonyl (C=O) groups excluding carboxylic acids is 1. The van der Waals surface area contributed by atoms with Crippen LogP contribution in [0, 0.1) is 13.8 Å². The number of hydrogen-bond acceptors (Lipinski definition) is 3. The molecule has 5 heteroatoms. The highest BCUT2D eigenvalue weighted by molar-refractivity contribution is 5.99. The molecule has 5 nitrogen and oxygen atoms in total. The van der Waals surface area contributed by atoms with Gasteiger partial charge in [0.1, 0.15) is 5.58 Å². The van der Waals surface area contributed by atoms with Gasteiger partial charge in [-0.2, -0.15) is 0 Å². The molecule has 0 bridgehead atoms. The van der Waals surface area contributed by atoms with Crippen molar-refractivity contribution in [1.29, 1.82) is 0 Å². The van der Waals surface area contributed by atoms with Gasteiger partial charge in [0.25, 0.3) is 5.91 Å². The molecule has 0 saturated carbocycles. The summed E-state index contributed by atoms with van der Waals surface area (Å²) < 4.78 is 5.64. The topological polar surface area (TPSA) is 79.5 Å². The van der Waals surface area contributed by atoms with Gasteiger partial charge in [-0.3, -0.25) is 9.59 Å². The molecule has 2 rings (SSSR count). The number of carboxylic acid groups (broad SMARTS) is 1. The Morgan fingerprint density at radius 2 is 2.05 bits per heavy atom. The highest BCUT2D eigenvalue weighted by Gasteiger charge is 2.20. The van der Waals surface area contributed by atoms with Gasteiger partial charge < -0.3 is 14.8 Å². The maximum absolute atomic E-state index is 12.1. The summed E-state index contributed by atoms with van der Waals surface area (Å²) in [6, 6.07) is 5.28. The van der Waals surface area contributed by atoms with Crippen LogP contribution >= 0.6 is 0 Å². The highest BCUT2D eigenvalue weighted by atomic mass is 16.4. The van der Waals surface area contributed by atoms with Gasteiger partial charge in [-0.15, -0.1) is 0 Å². The minimum Gasteiger partial charge on any atom is -0.481 e. The first-order valence-corrected chi connectivity index (χ1v) is 6.41. The average molecular weight is 275 g/mol. The fourth-order valence-electron chi connectivity index (χ4n) is 2.20. The summed E-state index contributed by atoms with van der Waals surface area (Å²) in [7, 11) is 0. The number of amides is 1. The summed E-state index contributed by atoms with van der Waals surface area (Å²) >= 11 is 0. The van der Waals surface area contributed by atoms with E-state index in [1.54, 1.807) is 6.92 Å². The Bertz CT molecular complexity index is 672. The number of aliphatic carboxylic acids is 1. The first-order chi connectivity index (χ1) is 9.40. The lowest BCUT2D eigenvalue weighted by atomic mass is 10.1. The predicted molar refractivity (Wildman–Crippen MR) is 74.9 cm³/mol. The number of carboxylic acids is 1. The van der Waals surface area contributed by atoms with E-state index in [0.717, 1.165) is 16.5 Å². The van der Waals surface area contributed by atoms with E-state index >= 15 is 0 Å². The monoisotopic (exact) mass is 275 g/mol. The molecule has 2 aromatic rings. The number of benzene rings is 1. The Kier molecular flexibility index (Phi) is 3.79. The summed E-state index contributed by atoms with van der Waals surface area (Å²) in [5.74, 6) is -1.09. The van der Waals surface area contributed by atoms with Gasteiger partial charge in [0.15, 0.2) is 5.76 Å². The van der Waals surface area contributed by atoms with E-state index in [1.807, 2.05) is 32.0 Å². The van der Waals surface area contributed by atoms with E-state index in [0.29, 0.717) is 5.58 Å². The van der Waals surface area contributed by atoms with E-state index in [4.69, 9.17) is 9.52 Å². The standard InChI is InChI=1S/C15H17NO4/c1-8-5-4-6-11-10(3)14(20-13(8)11)15(19)16-9(2)7-12(17)18/h4-6,9H,7H2,1-3H3,(H,16,19)(H,17,18). The lowest BCUT2D eigenvalue weighted by Gasteiger charge is -2.10. The second-order valence-corrected chi connectivity index (χ2v) is 4.98. The van der Waals surface area contributed by atoms with Crippen LogP contribution in [0.15, 0.2) is 22.6 Å². The predicted octanol–water partition coefficient (Wildman–Crippen LogP) is 2.64. The SMILES string of the molecule is Cc1c(C(=O)NC(C)CC(=O)O)oc2c(C)cccc12. The largest absolute Gasteiger partial charge is 0.481 e. The molecule has 1 atom stereocenters. The van der Waals surface area contributed by atoms with Crippen LogP contribution in [-0.4, -0.2) is 23.0 Å². The number of fused-ring (bicyclic) bond motifs is 1. The maximum atomic E-state index is 12.1. The van der Waals surface area contributed by atoms with Crippen molar-refractivity contribution in [3.8, 4) is 0 Å². The molecule has 0 aliphatic heterocycles. The molecule has 0 aliphatic rings. The number of para-hydroxylation sites is 1. The van der Waals surface area contributed by atoms with Gasteiger partial charge in [-0.05, 0) is 26.3 Å². The molecule has 1 unspecified atom stereocenters. The number of furan rings is 1. The third-order valence-corrected chi connectivity index (χ3v) is 3.23. The maximum Gasteiger partial charge on any atom is 0.305 e. The molecule has 2 N–H and O–H groups in total. The van der Waals surface area contributed by atoms with Crippen LogP contribution in [0.4, 0.5) is 0 Å². The van der Waals surface area contributed by atoms with Crippen molar-refractivity contribution in [1.82, 2.24) is 5.32 Å². The number of aryl methyl sites for hydroxylation is 2. The molecule has 1 aromatic carbocycles. The lowest BCUT2D eigenvalue weighted by Crippen LogP contribution is -2.34. The third kappa shape index (κ3) is 2.66. The van der Waals surface area contributed by atoms with Gasteiger partial charge in [0, 0.05) is 17.0 Å². The molecular formula is C15H17NO4. The molecule has 106 valence electrons. The van der Waals surface area contributed by atoms with Crippen molar-refractivity contribution >= 4 is 22.8 Å². The van der Waals surface area contributed by atoms with Gasteiger partial charge >= 0.3 is 5.97 Å². The van der Waals surface area contributed by atoms with Crippen molar-refractivity contribution in [2.75, 3.05) is 0 Å². The molecule has 20 heavy (non-hydrogen) atoms. The van der Waals surface area contributed by atoms with Gasteiger partial charge in [-0.25, -0.2) is 0 Å². The second-order valence-electron chi connectivity index (χ2n) is 4.98. The van der Waals surface area contributed by atoms with Gasteiger partial charge in [0.2, 0.25) is 0 Å². The quantitative estimate of drug-likeness (QED) is 0.899. The fourth-order valence-corrected chi connectivity index (χ4v) is 2.20. The molecule has 1 amide bonds. The number of rotatable bonds is 4. The Morgan fingerprint density at radius 3 is 2.65 bits per heavy atom. The molecular weight excluding hydrogens is 258 g/mol. The summed E-state index contributed by atoms with van der Waals surface area (Å²) in [6.07, 6.45) is -0.121. The Balaban J connectivity index is 2.29. The van der Waals surface area contributed by atoms with Crippen molar-refractivity contribution in [2.45, 2.75) is 33.2 Å². The number of nitrogens with one attached hydrogen (secondary N) is 1. The first kappa shape index (κ1) is 14.1. The Morgan fingerprint density at radius 1 is 1.35 bits per heavy atom. The fraction of sp³-hybridized carbons (Fsp3) is 0.333. The van der Waals surface area contributed by atoms with E-state index < -0.39 is 12.0 Å². The molecule has 0 aliphatic carbocycles. The van der Waals surface area contributed by atoms with Crippen LogP contribution < -0.4 is 5.32 Å². The smallest absolute Gasteiger partial charge is 0.305 e. The van der Waals surface area contributed by atoms with Crippen LogP contribution in [-0.2, 0) is 4.79 Å². The molecule has 0 saturated heterocycles. The van der Waals surface area contributed by atoms with Crippen LogP contribution in [0.3, 0.4) is 0 Å². The Hall–Kier alpha value is -2.30. The number of carbonyl (C=O) groups is 2.